The van der Waals surface area contributed by atoms with E-state index >= 15 is 4.39 Å². The first-order valence-corrected chi connectivity index (χ1v) is 15.8. The van der Waals surface area contributed by atoms with E-state index < -0.39 is 26.9 Å². The van der Waals surface area contributed by atoms with Gasteiger partial charge in [-0.25, -0.2) is 32.6 Å². The van der Waals surface area contributed by atoms with Gasteiger partial charge in [0.1, 0.15) is 16.8 Å². The Labute approximate surface area is 252 Å². The zero-order valence-corrected chi connectivity index (χ0v) is 25.7. The van der Waals surface area contributed by atoms with Gasteiger partial charge in [0, 0.05) is 30.3 Å². The molecule has 1 aliphatic rings. The van der Waals surface area contributed by atoms with E-state index in [1.54, 1.807) is 17.0 Å². The topological polar surface area (TPSA) is 128 Å². The Balaban J connectivity index is 1.52. The van der Waals surface area contributed by atoms with Crippen molar-refractivity contribution < 1.29 is 26.8 Å². The summed E-state index contributed by atoms with van der Waals surface area (Å²) < 4.78 is 54.3. The number of sulfonamides is 1. The molecule has 0 saturated carbocycles. The van der Waals surface area contributed by atoms with Gasteiger partial charge in [0.15, 0.2) is 5.82 Å². The number of thiazole rings is 1. The van der Waals surface area contributed by atoms with Gasteiger partial charge in [-0.2, -0.15) is 0 Å². The number of nitrogens with zero attached hydrogens (tertiary/aromatic N) is 4. The summed E-state index contributed by atoms with van der Waals surface area (Å²) in [6, 6.07) is 7.33. The van der Waals surface area contributed by atoms with Crippen LogP contribution in [0.2, 0.25) is 5.28 Å². The number of nitrogens with one attached hydrogen (secondary N) is 1. The van der Waals surface area contributed by atoms with Crippen LogP contribution >= 0.6 is 22.9 Å². The second-order valence-electron chi connectivity index (χ2n) is 11.2. The third-order valence-electron chi connectivity index (χ3n) is 6.82. The van der Waals surface area contributed by atoms with Crippen molar-refractivity contribution in [1.82, 2.24) is 19.9 Å². The van der Waals surface area contributed by atoms with E-state index in [0.29, 0.717) is 42.2 Å². The molecule has 0 radical (unpaired) electrons. The summed E-state index contributed by atoms with van der Waals surface area (Å²) in [5, 5.41) is 0.752. The minimum absolute atomic E-state index is 0.0207. The van der Waals surface area contributed by atoms with E-state index in [1.165, 1.54) is 42.0 Å². The monoisotopic (exact) mass is 633 g/mol. The van der Waals surface area contributed by atoms with Crippen LogP contribution < -0.4 is 4.72 Å². The highest BCUT2D eigenvalue weighted by molar-refractivity contribution is 7.92. The number of hydrogen-bond donors (Lipinski definition) is 1. The predicted molar refractivity (Wildman–Crippen MR) is 157 cm³/mol. The van der Waals surface area contributed by atoms with Crippen molar-refractivity contribution >= 4 is 44.7 Å². The van der Waals surface area contributed by atoms with E-state index in [0.717, 1.165) is 11.3 Å². The molecule has 3 aromatic heterocycles. The molecular weight excluding hydrogens is 605 g/mol. The first-order valence-electron chi connectivity index (χ1n) is 13.1. The molecule has 5 rings (SSSR count). The Kier molecular flexibility index (Phi) is 8.03. The zero-order chi connectivity index (χ0) is 30.3. The van der Waals surface area contributed by atoms with Gasteiger partial charge in [-0.3, -0.25) is 4.72 Å². The van der Waals surface area contributed by atoms with Gasteiger partial charge in [0.2, 0.25) is 5.28 Å². The van der Waals surface area contributed by atoms with Gasteiger partial charge in [0.25, 0.3) is 10.0 Å². The third-order valence-corrected chi connectivity index (χ3v) is 9.73. The average Bonchev–Trinajstić information content (AvgIpc) is 3.61. The van der Waals surface area contributed by atoms with Crippen molar-refractivity contribution in [3.63, 3.8) is 0 Å². The molecule has 4 heterocycles. The highest BCUT2D eigenvalue weighted by Gasteiger charge is 2.38. The number of anilines is 1. The molecule has 10 nitrogen and oxygen atoms in total. The number of hydrogen-bond acceptors (Lipinski definition) is 9. The van der Waals surface area contributed by atoms with E-state index in [4.69, 9.17) is 25.7 Å². The van der Waals surface area contributed by atoms with Crippen molar-refractivity contribution in [3.05, 3.63) is 65.2 Å². The third kappa shape index (κ3) is 6.27. The van der Waals surface area contributed by atoms with Gasteiger partial charge >= 0.3 is 6.09 Å². The van der Waals surface area contributed by atoms with E-state index in [2.05, 4.69) is 21.6 Å². The average molecular weight is 634 g/mol. The highest BCUT2D eigenvalue weighted by atomic mass is 35.5. The highest BCUT2D eigenvalue weighted by Crippen LogP contribution is 2.45. The van der Waals surface area contributed by atoms with Crippen LogP contribution in [0.25, 0.3) is 21.8 Å². The standard InChI is InChI=1S/C28H29ClFN5O5S2/c1-27(2,3)40-26(36)35-13-10-28(4,11-14-35)24-33-22(23(41-24)20-8-12-31-25(29)32-20)18-6-5-7-19(21(18)30)34-42(37,38)17-9-15-39-16-17/h5-9,12,15-16,34H,10-11,13-14H2,1-4H3. The maximum Gasteiger partial charge on any atom is 0.410 e. The molecule has 1 aliphatic heterocycles. The summed E-state index contributed by atoms with van der Waals surface area (Å²) in [5.41, 5.74) is -0.434. The van der Waals surface area contributed by atoms with Gasteiger partial charge in [-0.05, 0) is 69.5 Å². The molecule has 0 atom stereocenters. The van der Waals surface area contributed by atoms with Crippen molar-refractivity contribution in [2.24, 2.45) is 0 Å². The number of carbonyl (C=O) groups excluding carboxylic acids is 1. The molecule has 0 aliphatic carbocycles. The maximum atomic E-state index is 16.0. The Morgan fingerprint density at radius 2 is 1.93 bits per heavy atom. The Morgan fingerprint density at radius 1 is 1.19 bits per heavy atom. The Morgan fingerprint density at radius 3 is 2.57 bits per heavy atom. The van der Waals surface area contributed by atoms with Crippen LogP contribution in [0.3, 0.4) is 0 Å². The van der Waals surface area contributed by atoms with E-state index in [9.17, 15) is 13.2 Å². The van der Waals surface area contributed by atoms with Crippen LogP contribution in [0.15, 0.2) is 58.4 Å². The van der Waals surface area contributed by atoms with Gasteiger partial charge in [0.05, 0.1) is 33.2 Å². The lowest BCUT2D eigenvalue weighted by Crippen LogP contribution is -2.45. The van der Waals surface area contributed by atoms with Crippen molar-refractivity contribution in [2.45, 2.75) is 56.4 Å². The SMILES string of the molecule is CC(C)(C)OC(=O)N1CCC(C)(c2nc(-c3cccc(NS(=O)(=O)c4ccoc4)c3F)c(-c3ccnc(Cl)n3)s2)CC1. The molecule has 1 fully saturated rings. The van der Waals surface area contributed by atoms with Crippen LogP contribution in [0.4, 0.5) is 14.9 Å². The molecule has 0 bridgehead atoms. The van der Waals surface area contributed by atoms with Crippen LogP contribution in [0.1, 0.15) is 45.5 Å². The fourth-order valence-corrected chi connectivity index (χ4v) is 6.90. The van der Waals surface area contributed by atoms with Gasteiger partial charge < -0.3 is 14.1 Å². The Bertz CT molecular complexity index is 1710. The summed E-state index contributed by atoms with van der Waals surface area (Å²) in [6.07, 6.45) is 4.63. The second-order valence-corrected chi connectivity index (χ2v) is 14.2. The summed E-state index contributed by atoms with van der Waals surface area (Å²) in [7, 11) is -4.09. The van der Waals surface area contributed by atoms with Gasteiger partial charge in [-0.15, -0.1) is 11.3 Å². The summed E-state index contributed by atoms with van der Waals surface area (Å²) in [6.45, 7) is 8.47. The summed E-state index contributed by atoms with van der Waals surface area (Å²) in [5.74, 6) is -0.798. The first kappa shape index (κ1) is 29.9. The number of furan rings is 1. The molecule has 0 spiro atoms. The molecule has 1 amide bonds. The predicted octanol–water partition coefficient (Wildman–Crippen LogP) is 6.74. The van der Waals surface area contributed by atoms with E-state index in [1.807, 2.05) is 20.8 Å². The lowest BCUT2D eigenvalue weighted by atomic mass is 9.81. The summed E-state index contributed by atoms with van der Waals surface area (Å²) >= 11 is 7.45. The lowest BCUT2D eigenvalue weighted by molar-refractivity contribution is 0.0171. The quantitative estimate of drug-likeness (QED) is 0.231. The van der Waals surface area contributed by atoms with Crippen LogP contribution in [0.5, 0.6) is 0 Å². The molecule has 0 unspecified atom stereocenters. The van der Waals surface area contributed by atoms with Crippen LogP contribution in [-0.2, 0) is 20.2 Å². The van der Waals surface area contributed by atoms with Crippen molar-refractivity contribution in [1.29, 1.82) is 0 Å². The number of amides is 1. The normalized spacial score (nSPS) is 15.4. The first-order chi connectivity index (χ1) is 19.8. The number of aromatic nitrogens is 3. The second kappa shape index (κ2) is 11.3. The fourth-order valence-electron chi connectivity index (χ4n) is 4.52. The summed E-state index contributed by atoms with van der Waals surface area (Å²) in [4.78, 5) is 27.9. The van der Waals surface area contributed by atoms with Crippen molar-refractivity contribution in [3.8, 4) is 21.8 Å². The molecular formula is C28H29ClFN5O5S2. The zero-order valence-electron chi connectivity index (χ0n) is 23.3. The van der Waals surface area contributed by atoms with Crippen molar-refractivity contribution in [2.75, 3.05) is 17.8 Å². The molecule has 14 heteroatoms. The van der Waals surface area contributed by atoms with Crippen LogP contribution in [0, 0.1) is 5.82 Å². The Hall–Kier alpha value is -3.55. The molecule has 1 N–H and O–H groups in total. The number of ether oxygens (including phenoxy) is 1. The minimum Gasteiger partial charge on any atom is -0.471 e. The number of carbonyl (C=O) groups is 1. The largest absolute Gasteiger partial charge is 0.471 e. The molecule has 222 valence electrons. The van der Waals surface area contributed by atoms with Gasteiger partial charge in [-0.1, -0.05) is 13.0 Å². The molecule has 1 saturated heterocycles. The number of halogens is 2. The minimum atomic E-state index is -4.09. The number of likely N-dealkylation sites (tertiary alicyclic amines) is 1. The van der Waals surface area contributed by atoms with E-state index in [-0.39, 0.29) is 27.5 Å². The van der Waals surface area contributed by atoms with Crippen LogP contribution in [-0.4, -0.2) is 53.1 Å². The molecule has 1 aromatic carbocycles. The fraction of sp³-hybridized carbons (Fsp3) is 0.357. The number of rotatable bonds is 6. The molecule has 42 heavy (non-hydrogen) atoms. The number of piperidine rings is 1. The number of benzene rings is 1. The maximum absolute atomic E-state index is 16.0. The smallest absolute Gasteiger partial charge is 0.410 e. The lowest BCUT2D eigenvalue weighted by Gasteiger charge is -2.38. The molecule has 4 aromatic rings.